The van der Waals surface area contributed by atoms with E-state index in [1.165, 1.54) is 23.0 Å². The van der Waals surface area contributed by atoms with E-state index in [9.17, 15) is 9.59 Å². The van der Waals surface area contributed by atoms with Gasteiger partial charge >= 0.3 is 12.0 Å². The van der Waals surface area contributed by atoms with Gasteiger partial charge in [-0.2, -0.15) is 0 Å². The van der Waals surface area contributed by atoms with Crippen LogP contribution < -0.4 is 15.5 Å². The third-order valence-corrected chi connectivity index (χ3v) is 4.95. The minimum atomic E-state index is -0.679. The zero-order valence-corrected chi connectivity index (χ0v) is 17.3. The van der Waals surface area contributed by atoms with Crippen LogP contribution in [0, 0.1) is 13.8 Å². The molecule has 2 heterocycles. The average molecular weight is 398 g/mol. The van der Waals surface area contributed by atoms with Crippen LogP contribution in [0.1, 0.15) is 35.4 Å². The molecule has 0 saturated heterocycles. The predicted octanol–water partition coefficient (Wildman–Crippen LogP) is 1.78. The Bertz CT molecular complexity index is 918. The molecule has 7 nitrogen and oxygen atoms in total. The van der Waals surface area contributed by atoms with Crippen LogP contribution in [-0.2, 0) is 16.1 Å². The summed E-state index contributed by atoms with van der Waals surface area (Å²) in [4.78, 5) is 26.1. The number of rotatable bonds is 7. The summed E-state index contributed by atoms with van der Waals surface area (Å²) < 4.78 is 10.7. The number of urea groups is 1. The van der Waals surface area contributed by atoms with E-state index in [-0.39, 0.29) is 12.6 Å². The number of aryl methyl sites for hydroxylation is 2. The number of furan rings is 1. The molecule has 0 fully saturated rings. The highest BCUT2D eigenvalue weighted by molar-refractivity contribution is 5.95. The number of carbonyl (C=O) groups is 2. The Kier molecular flexibility index (Phi) is 6.39. The molecular weight excluding hydrogens is 370 g/mol. The number of nitrogens with one attached hydrogen (secondary N) is 3. The fourth-order valence-corrected chi connectivity index (χ4v) is 3.61. The summed E-state index contributed by atoms with van der Waals surface area (Å²) in [6.07, 6.45) is 1.52. The van der Waals surface area contributed by atoms with Crippen LogP contribution in [0.3, 0.4) is 0 Å². The zero-order chi connectivity index (χ0) is 21.0. The van der Waals surface area contributed by atoms with Crippen molar-refractivity contribution in [2.75, 3.05) is 20.2 Å². The summed E-state index contributed by atoms with van der Waals surface area (Å²) in [6.45, 7) is 7.40. The molecular formula is C22H28N3O4+. The highest BCUT2D eigenvalue weighted by atomic mass is 16.5. The van der Waals surface area contributed by atoms with Gasteiger partial charge in [0.15, 0.2) is 0 Å². The normalized spacial score (nSPS) is 17.5. The van der Waals surface area contributed by atoms with Crippen LogP contribution in [0.4, 0.5) is 4.79 Å². The van der Waals surface area contributed by atoms with Gasteiger partial charge in [-0.25, -0.2) is 9.59 Å². The lowest BCUT2D eigenvalue weighted by atomic mass is 9.99. The van der Waals surface area contributed by atoms with Crippen LogP contribution in [0.5, 0.6) is 0 Å². The van der Waals surface area contributed by atoms with Gasteiger partial charge in [0, 0.05) is 5.56 Å². The highest BCUT2D eigenvalue weighted by Crippen LogP contribution is 2.27. The second kappa shape index (κ2) is 8.96. The molecule has 0 radical (unpaired) electrons. The van der Waals surface area contributed by atoms with E-state index in [2.05, 4.69) is 42.7 Å². The first-order chi connectivity index (χ1) is 13.9. The van der Waals surface area contributed by atoms with Gasteiger partial charge in [0.2, 0.25) is 0 Å². The minimum Gasteiger partial charge on any atom is -0.467 e. The van der Waals surface area contributed by atoms with E-state index in [4.69, 9.17) is 9.15 Å². The number of amides is 2. The number of esters is 1. The number of carbonyl (C=O) groups excluding carboxylic acids is 2. The lowest BCUT2D eigenvalue weighted by Crippen LogP contribution is -3.08. The van der Waals surface area contributed by atoms with Gasteiger partial charge in [-0.1, -0.05) is 23.8 Å². The molecule has 1 aliphatic rings. The topological polar surface area (TPSA) is 85.0 Å². The van der Waals surface area contributed by atoms with Gasteiger partial charge in [-0.15, -0.1) is 0 Å². The standard InChI is InChI=1S/C22H27N3O4/c1-5-28-21(26)19-17(23-22(27)24-20(19)18-7-6-10-29-18)13-25(4)12-16-9-8-14(2)11-15(16)3/h6-11,20H,5,12-13H2,1-4H3,(H2,23,24,27)/p+1/t20-/m1/s1. The molecule has 0 bridgehead atoms. The van der Waals surface area contributed by atoms with Crippen LogP contribution >= 0.6 is 0 Å². The van der Waals surface area contributed by atoms with E-state index in [0.29, 0.717) is 23.6 Å². The Morgan fingerprint density at radius 2 is 2.03 bits per heavy atom. The van der Waals surface area contributed by atoms with Crippen molar-refractivity contribution in [2.45, 2.75) is 33.4 Å². The number of benzene rings is 1. The van der Waals surface area contributed by atoms with Crippen LogP contribution in [0.25, 0.3) is 0 Å². The molecule has 3 N–H and O–H groups in total. The smallest absolute Gasteiger partial charge is 0.338 e. The third-order valence-electron chi connectivity index (χ3n) is 4.95. The zero-order valence-electron chi connectivity index (χ0n) is 17.3. The number of hydrogen-bond donors (Lipinski definition) is 3. The van der Waals surface area contributed by atoms with Crippen LogP contribution in [0.15, 0.2) is 52.3 Å². The molecule has 2 aromatic rings. The first-order valence-electron chi connectivity index (χ1n) is 9.77. The van der Waals surface area contributed by atoms with Gasteiger partial charge < -0.3 is 24.7 Å². The molecule has 7 heteroatoms. The van der Waals surface area contributed by atoms with Crippen LogP contribution in [0.2, 0.25) is 0 Å². The van der Waals surface area contributed by atoms with Crippen molar-refractivity contribution in [1.29, 1.82) is 0 Å². The molecule has 0 spiro atoms. The quantitative estimate of drug-likeness (QED) is 0.621. The summed E-state index contributed by atoms with van der Waals surface area (Å²) in [7, 11) is 2.03. The van der Waals surface area contributed by atoms with Crippen molar-refractivity contribution in [2.24, 2.45) is 0 Å². The largest absolute Gasteiger partial charge is 0.467 e. The third kappa shape index (κ3) is 4.86. The maximum Gasteiger partial charge on any atom is 0.338 e. The maximum atomic E-state index is 12.7. The molecule has 154 valence electrons. The summed E-state index contributed by atoms with van der Waals surface area (Å²) in [5.74, 6) is 0.0307. The predicted molar refractivity (Wildman–Crippen MR) is 108 cm³/mol. The lowest BCUT2D eigenvalue weighted by Gasteiger charge is -2.28. The molecule has 29 heavy (non-hydrogen) atoms. The van der Waals surface area contributed by atoms with Crippen molar-refractivity contribution in [1.82, 2.24) is 10.6 Å². The van der Waals surface area contributed by atoms with E-state index in [1.807, 2.05) is 7.05 Å². The average Bonchev–Trinajstić information content (AvgIpc) is 3.18. The fraction of sp³-hybridized carbons (Fsp3) is 0.364. The molecule has 1 aromatic carbocycles. The van der Waals surface area contributed by atoms with Crippen molar-refractivity contribution >= 4 is 12.0 Å². The Labute approximate surface area is 170 Å². The number of quaternary nitrogens is 1. The molecule has 0 saturated carbocycles. The second-order valence-electron chi connectivity index (χ2n) is 7.40. The van der Waals surface area contributed by atoms with E-state index >= 15 is 0 Å². The van der Waals surface area contributed by atoms with Gasteiger partial charge in [-0.05, 0) is 38.5 Å². The fourth-order valence-electron chi connectivity index (χ4n) is 3.61. The van der Waals surface area contributed by atoms with Crippen molar-refractivity contribution in [3.05, 3.63) is 70.3 Å². The summed E-state index contributed by atoms with van der Waals surface area (Å²) in [5.41, 5.74) is 4.61. The monoisotopic (exact) mass is 398 g/mol. The molecule has 1 unspecified atom stereocenters. The highest BCUT2D eigenvalue weighted by Gasteiger charge is 2.36. The van der Waals surface area contributed by atoms with Gasteiger partial charge in [0.05, 0.1) is 31.2 Å². The summed E-state index contributed by atoms with van der Waals surface area (Å²) in [6, 6.07) is 8.80. The van der Waals surface area contributed by atoms with E-state index in [0.717, 1.165) is 11.4 Å². The molecule has 3 rings (SSSR count). The van der Waals surface area contributed by atoms with Crippen LogP contribution in [-0.4, -0.2) is 32.2 Å². The second-order valence-corrected chi connectivity index (χ2v) is 7.40. The maximum absolute atomic E-state index is 12.7. The summed E-state index contributed by atoms with van der Waals surface area (Å²) >= 11 is 0. The Hall–Kier alpha value is -3.06. The van der Waals surface area contributed by atoms with Crippen molar-refractivity contribution in [3.63, 3.8) is 0 Å². The van der Waals surface area contributed by atoms with Gasteiger partial charge in [-0.3, -0.25) is 0 Å². The summed E-state index contributed by atoms with van der Waals surface area (Å²) in [5, 5.41) is 5.57. The van der Waals surface area contributed by atoms with Gasteiger partial charge in [0.1, 0.15) is 24.9 Å². The molecule has 2 amide bonds. The lowest BCUT2D eigenvalue weighted by molar-refractivity contribution is -0.889. The Balaban J connectivity index is 1.89. The molecule has 1 aliphatic heterocycles. The SMILES string of the molecule is CCOC(=O)C1=C(C[NH+](C)Cc2ccc(C)cc2C)NC(=O)N[C@@H]1c1ccco1. The van der Waals surface area contributed by atoms with Crippen molar-refractivity contribution in [3.8, 4) is 0 Å². The first-order valence-corrected chi connectivity index (χ1v) is 9.77. The van der Waals surface area contributed by atoms with E-state index < -0.39 is 12.0 Å². The minimum absolute atomic E-state index is 0.250. The van der Waals surface area contributed by atoms with Gasteiger partial charge in [0.25, 0.3) is 0 Å². The Morgan fingerprint density at radius 1 is 1.24 bits per heavy atom. The number of hydrogen-bond acceptors (Lipinski definition) is 4. The molecule has 0 aliphatic carbocycles. The molecule has 1 aromatic heterocycles. The number of likely N-dealkylation sites (N-methyl/N-ethyl adjacent to an activating group) is 1. The first kappa shape index (κ1) is 20.7. The Morgan fingerprint density at radius 3 is 2.69 bits per heavy atom. The van der Waals surface area contributed by atoms with Crippen molar-refractivity contribution < 1.29 is 23.6 Å². The molecule has 2 atom stereocenters. The van der Waals surface area contributed by atoms with E-state index in [1.54, 1.807) is 19.1 Å². The number of ether oxygens (including phenoxy) is 1.